The van der Waals surface area contributed by atoms with Crippen LogP contribution in [0.5, 0.6) is 0 Å². The molecule has 0 rings (SSSR count). The molecule has 8 nitrogen and oxygen atoms in total. The number of hydrogen-bond acceptors (Lipinski definition) is 4. The molecule has 0 spiro atoms. The highest BCUT2D eigenvalue weighted by atomic mass is 16.4. The Hall–Kier alpha value is -2.38. The van der Waals surface area contributed by atoms with Crippen LogP contribution in [0.1, 0.15) is 20.8 Å². The van der Waals surface area contributed by atoms with Gasteiger partial charge in [-0.1, -0.05) is 6.58 Å². The monoisotopic (exact) mass is 252 g/mol. The van der Waals surface area contributed by atoms with E-state index in [1.165, 1.54) is 0 Å². The summed E-state index contributed by atoms with van der Waals surface area (Å²) in [4.78, 5) is 36.2. The molecule has 0 aromatic rings. The maximum absolute atomic E-state index is 9.25. The van der Waals surface area contributed by atoms with Gasteiger partial charge in [0.05, 0.1) is 0 Å². The molecular formula is C9H16O8. The first kappa shape index (κ1) is 24.0. The van der Waals surface area contributed by atoms with E-state index in [0.29, 0.717) is 0 Å². The molecule has 100 valence electrons. The molecular weight excluding hydrogens is 236 g/mol. The van der Waals surface area contributed by atoms with Crippen molar-refractivity contribution >= 4 is 23.9 Å². The molecule has 0 unspecified atom stereocenters. The second-order valence-corrected chi connectivity index (χ2v) is 2.10. The maximum atomic E-state index is 9.25. The van der Waals surface area contributed by atoms with Crippen LogP contribution >= 0.6 is 0 Å². The molecule has 0 fully saturated rings. The molecule has 0 saturated carbocycles. The average molecular weight is 252 g/mol. The van der Waals surface area contributed by atoms with Crippen LogP contribution < -0.4 is 0 Å². The zero-order valence-corrected chi connectivity index (χ0v) is 9.71. The molecule has 0 aromatic carbocycles. The van der Waals surface area contributed by atoms with Gasteiger partial charge in [-0.3, -0.25) is 14.4 Å². The fourth-order valence-corrected chi connectivity index (χ4v) is 0. The quantitative estimate of drug-likeness (QED) is 0.493. The van der Waals surface area contributed by atoms with E-state index in [9.17, 15) is 4.79 Å². The van der Waals surface area contributed by atoms with Crippen molar-refractivity contribution in [3.63, 3.8) is 0 Å². The summed E-state index contributed by atoms with van der Waals surface area (Å²) >= 11 is 0. The fourth-order valence-electron chi connectivity index (χ4n) is 0. The lowest BCUT2D eigenvalue weighted by Gasteiger charge is -1.64. The van der Waals surface area contributed by atoms with Crippen LogP contribution in [0.2, 0.25) is 0 Å². The molecule has 0 saturated heterocycles. The first-order valence-electron chi connectivity index (χ1n) is 3.91. The zero-order chi connectivity index (χ0) is 15.0. The highest BCUT2D eigenvalue weighted by Gasteiger charge is 1.73. The Labute approximate surface area is 97.8 Å². The number of carbonyl (C=O) groups is 4. The molecule has 4 N–H and O–H groups in total. The summed E-state index contributed by atoms with van der Waals surface area (Å²) in [6, 6.07) is 0. The second-order valence-electron chi connectivity index (χ2n) is 2.10. The molecule has 0 heterocycles. The maximum Gasteiger partial charge on any atom is 0.327 e. The molecule has 17 heavy (non-hydrogen) atoms. The Morgan fingerprint density at radius 1 is 0.765 bits per heavy atom. The Morgan fingerprint density at radius 2 is 0.824 bits per heavy atom. The molecule has 0 atom stereocenters. The fraction of sp³-hybridized carbons (Fsp3) is 0.333. The van der Waals surface area contributed by atoms with Crippen molar-refractivity contribution in [1.82, 2.24) is 0 Å². The normalized spacial score (nSPS) is 6.29. The molecule has 0 radical (unpaired) electrons. The van der Waals surface area contributed by atoms with Gasteiger partial charge in [0.1, 0.15) is 0 Å². The number of carboxylic acids is 4. The third-order valence-corrected chi connectivity index (χ3v) is 0.175. The number of rotatable bonds is 1. The van der Waals surface area contributed by atoms with Crippen molar-refractivity contribution < 1.29 is 39.6 Å². The van der Waals surface area contributed by atoms with Crippen molar-refractivity contribution in [1.29, 1.82) is 0 Å². The van der Waals surface area contributed by atoms with Gasteiger partial charge in [-0.2, -0.15) is 0 Å². The van der Waals surface area contributed by atoms with E-state index in [2.05, 4.69) is 6.58 Å². The smallest absolute Gasteiger partial charge is 0.327 e. The van der Waals surface area contributed by atoms with Gasteiger partial charge in [-0.25, -0.2) is 4.79 Å². The molecule has 8 heteroatoms. The van der Waals surface area contributed by atoms with E-state index in [1.807, 2.05) is 0 Å². The highest BCUT2D eigenvalue weighted by Crippen LogP contribution is 1.54. The van der Waals surface area contributed by atoms with Crippen LogP contribution in [0.15, 0.2) is 12.7 Å². The van der Waals surface area contributed by atoms with E-state index in [0.717, 1.165) is 26.8 Å². The average Bonchev–Trinajstić information content (AvgIpc) is 2.00. The van der Waals surface area contributed by atoms with E-state index < -0.39 is 23.9 Å². The third kappa shape index (κ3) is 12700. The topological polar surface area (TPSA) is 149 Å². The van der Waals surface area contributed by atoms with Crippen molar-refractivity contribution in [2.75, 3.05) is 0 Å². The minimum absolute atomic E-state index is 0.833. The molecule has 0 aliphatic heterocycles. The van der Waals surface area contributed by atoms with Gasteiger partial charge in [-0.05, 0) is 0 Å². The molecule has 0 bridgehead atoms. The minimum atomic E-state index is -0.981. The predicted molar refractivity (Wildman–Crippen MR) is 57.8 cm³/mol. The van der Waals surface area contributed by atoms with Gasteiger partial charge in [0.2, 0.25) is 0 Å². The Kier molecular flexibility index (Phi) is 27.2. The summed E-state index contributed by atoms with van der Waals surface area (Å²) in [5, 5.41) is 29.9. The Balaban J connectivity index is -0.0000000667. The lowest BCUT2D eigenvalue weighted by atomic mass is 10.7. The number of aliphatic carboxylic acids is 4. The van der Waals surface area contributed by atoms with Gasteiger partial charge < -0.3 is 20.4 Å². The van der Waals surface area contributed by atoms with Crippen LogP contribution in [0.25, 0.3) is 0 Å². The van der Waals surface area contributed by atoms with E-state index in [1.54, 1.807) is 0 Å². The van der Waals surface area contributed by atoms with Gasteiger partial charge in [0.15, 0.2) is 0 Å². The van der Waals surface area contributed by atoms with E-state index >= 15 is 0 Å². The summed E-state index contributed by atoms with van der Waals surface area (Å²) in [5.74, 6) is -3.48. The molecule has 0 aromatic heterocycles. The molecule has 0 aliphatic carbocycles. The van der Waals surface area contributed by atoms with Crippen LogP contribution in [0, 0.1) is 0 Å². The summed E-state index contributed by atoms with van der Waals surface area (Å²) in [5.41, 5.74) is 0. The van der Waals surface area contributed by atoms with Crippen molar-refractivity contribution in [3.8, 4) is 0 Å². The SMILES string of the molecule is C=CC(=O)O.CC(=O)O.CC(=O)O.CC(=O)O. The van der Waals surface area contributed by atoms with Crippen LogP contribution in [-0.4, -0.2) is 44.3 Å². The zero-order valence-electron chi connectivity index (χ0n) is 9.71. The van der Waals surface area contributed by atoms with Crippen LogP contribution in [-0.2, 0) is 19.2 Å². The Morgan fingerprint density at radius 3 is 0.824 bits per heavy atom. The third-order valence-electron chi connectivity index (χ3n) is 0.175. The largest absolute Gasteiger partial charge is 0.481 e. The van der Waals surface area contributed by atoms with E-state index in [4.69, 9.17) is 34.8 Å². The Bertz CT molecular complexity index is 215. The first-order valence-corrected chi connectivity index (χ1v) is 3.91. The second kappa shape index (κ2) is 19.2. The van der Waals surface area contributed by atoms with Gasteiger partial charge in [0.25, 0.3) is 17.9 Å². The summed E-state index contributed by atoms with van der Waals surface area (Å²) in [7, 11) is 0. The summed E-state index contributed by atoms with van der Waals surface area (Å²) in [6.07, 6.45) is 0.833. The lowest BCUT2D eigenvalue weighted by Crippen LogP contribution is -1.82. The summed E-state index contributed by atoms with van der Waals surface area (Å²) in [6.45, 7) is 6.21. The molecule has 0 amide bonds. The van der Waals surface area contributed by atoms with Crippen molar-refractivity contribution in [3.05, 3.63) is 12.7 Å². The number of hydrogen-bond donors (Lipinski definition) is 4. The highest BCUT2D eigenvalue weighted by molar-refractivity contribution is 5.78. The predicted octanol–water partition coefficient (Wildman–Crippen LogP) is 0.530. The van der Waals surface area contributed by atoms with Gasteiger partial charge in [0, 0.05) is 26.8 Å². The summed E-state index contributed by atoms with van der Waals surface area (Å²) < 4.78 is 0. The van der Waals surface area contributed by atoms with Crippen LogP contribution in [0.4, 0.5) is 0 Å². The van der Waals surface area contributed by atoms with Crippen molar-refractivity contribution in [2.45, 2.75) is 20.8 Å². The van der Waals surface area contributed by atoms with Crippen LogP contribution in [0.3, 0.4) is 0 Å². The molecule has 0 aliphatic rings. The minimum Gasteiger partial charge on any atom is -0.481 e. The first-order chi connectivity index (χ1) is 7.47. The van der Waals surface area contributed by atoms with Gasteiger partial charge in [-0.15, -0.1) is 0 Å². The standard InChI is InChI=1S/C3H4O2.3C2H4O2/c1-2-3(4)5;3*1-2(3)4/h2H,1H2,(H,4,5);3*1H3,(H,3,4). The van der Waals surface area contributed by atoms with E-state index in [-0.39, 0.29) is 0 Å². The lowest BCUT2D eigenvalue weighted by molar-refractivity contribution is -0.135. The van der Waals surface area contributed by atoms with Gasteiger partial charge >= 0.3 is 5.97 Å². The number of carboxylic acid groups (broad SMARTS) is 4. The van der Waals surface area contributed by atoms with Crippen molar-refractivity contribution in [2.24, 2.45) is 0 Å².